The summed E-state index contributed by atoms with van der Waals surface area (Å²) in [6.45, 7) is 1.95. The van der Waals surface area contributed by atoms with Crippen molar-refractivity contribution < 1.29 is 4.79 Å². The number of aromatic nitrogens is 4. The first-order valence-electron chi connectivity index (χ1n) is 10.9. The fraction of sp³-hybridized carbons (Fsp3) is 0.375. The first-order chi connectivity index (χ1) is 15.5. The Kier molecular flexibility index (Phi) is 6.30. The first kappa shape index (κ1) is 21.7. The van der Waals surface area contributed by atoms with Gasteiger partial charge in [-0.05, 0) is 43.5 Å². The standard InChI is InChI=1S/C24H27N5O3/c1-17-10-12-20(13-11-17)29-24(32)28(16-18-7-6-14-25-15-18)23(31)21(26-29)22(30)27(2)19-8-4-3-5-9-19/h6-7,10-15,19H,3-5,8-9,16H2,1-2H3. The summed E-state index contributed by atoms with van der Waals surface area (Å²) in [6.07, 6.45) is 8.31. The van der Waals surface area contributed by atoms with Crippen molar-refractivity contribution in [3.05, 3.63) is 86.5 Å². The Balaban J connectivity index is 1.83. The second-order valence-electron chi connectivity index (χ2n) is 8.34. The molecule has 166 valence electrons. The number of carbonyl (C=O) groups excluding carboxylic acids is 1. The van der Waals surface area contributed by atoms with Crippen molar-refractivity contribution in [3.8, 4) is 5.69 Å². The highest BCUT2D eigenvalue weighted by Gasteiger charge is 2.28. The summed E-state index contributed by atoms with van der Waals surface area (Å²) in [7, 11) is 1.71. The van der Waals surface area contributed by atoms with E-state index in [1.54, 1.807) is 48.6 Å². The van der Waals surface area contributed by atoms with Gasteiger partial charge in [0.25, 0.3) is 11.5 Å². The van der Waals surface area contributed by atoms with E-state index in [0.717, 1.165) is 46.9 Å². The fourth-order valence-corrected chi connectivity index (χ4v) is 4.12. The number of rotatable bonds is 5. The molecule has 0 saturated heterocycles. The van der Waals surface area contributed by atoms with Gasteiger partial charge in [-0.2, -0.15) is 9.78 Å². The molecule has 0 bridgehead atoms. The lowest BCUT2D eigenvalue weighted by atomic mass is 9.94. The highest BCUT2D eigenvalue weighted by molar-refractivity contribution is 5.91. The highest BCUT2D eigenvalue weighted by atomic mass is 16.2. The predicted octanol–water partition coefficient (Wildman–Crippen LogP) is 2.55. The van der Waals surface area contributed by atoms with E-state index in [2.05, 4.69) is 10.1 Å². The maximum Gasteiger partial charge on any atom is 0.352 e. The summed E-state index contributed by atoms with van der Waals surface area (Å²) in [5.41, 5.74) is 0.678. The van der Waals surface area contributed by atoms with Crippen LogP contribution in [0.25, 0.3) is 5.69 Å². The molecular weight excluding hydrogens is 406 g/mol. The van der Waals surface area contributed by atoms with Gasteiger partial charge in [-0.25, -0.2) is 4.79 Å². The smallest absolute Gasteiger partial charge is 0.337 e. The minimum absolute atomic E-state index is 0.00725. The molecule has 8 heteroatoms. The van der Waals surface area contributed by atoms with Gasteiger partial charge in [0, 0.05) is 25.5 Å². The predicted molar refractivity (Wildman–Crippen MR) is 121 cm³/mol. The van der Waals surface area contributed by atoms with E-state index < -0.39 is 17.2 Å². The molecule has 1 aliphatic carbocycles. The van der Waals surface area contributed by atoms with E-state index in [0.29, 0.717) is 11.3 Å². The van der Waals surface area contributed by atoms with E-state index in [-0.39, 0.29) is 18.3 Å². The Morgan fingerprint density at radius 1 is 1.09 bits per heavy atom. The fourth-order valence-electron chi connectivity index (χ4n) is 4.12. The molecule has 2 heterocycles. The first-order valence-corrected chi connectivity index (χ1v) is 10.9. The van der Waals surface area contributed by atoms with E-state index in [9.17, 15) is 14.4 Å². The van der Waals surface area contributed by atoms with Crippen molar-refractivity contribution >= 4 is 5.91 Å². The van der Waals surface area contributed by atoms with Gasteiger partial charge in [-0.15, -0.1) is 0 Å². The van der Waals surface area contributed by atoms with Gasteiger partial charge in [0.1, 0.15) is 0 Å². The van der Waals surface area contributed by atoms with Crippen LogP contribution in [0.2, 0.25) is 0 Å². The van der Waals surface area contributed by atoms with Crippen molar-refractivity contribution in [2.24, 2.45) is 0 Å². The quantitative estimate of drug-likeness (QED) is 0.617. The van der Waals surface area contributed by atoms with Crippen molar-refractivity contribution in [3.63, 3.8) is 0 Å². The Labute approximate surface area is 186 Å². The molecule has 32 heavy (non-hydrogen) atoms. The lowest BCUT2D eigenvalue weighted by Gasteiger charge is -2.30. The molecule has 0 radical (unpaired) electrons. The Bertz CT molecular complexity index is 1210. The van der Waals surface area contributed by atoms with Crippen LogP contribution < -0.4 is 11.2 Å². The van der Waals surface area contributed by atoms with Crippen LogP contribution in [0.4, 0.5) is 0 Å². The number of hydrogen-bond donors (Lipinski definition) is 0. The Morgan fingerprint density at radius 2 is 1.81 bits per heavy atom. The number of hydrogen-bond acceptors (Lipinski definition) is 5. The third kappa shape index (κ3) is 4.39. The number of nitrogens with zero attached hydrogens (tertiary/aromatic N) is 5. The molecule has 0 aliphatic heterocycles. The van der Waals surface area contributed by atoms with Crippen LogP contribution in [-0.4, -0.2) is 43.2 Å². The van der Waals surface area contributed by atoms with Gasteiger partial charge in [-0.1, -0.05) is 43.0 Å². The maximum atomic E-state index is 13.3. The normalized spacial score (nSPS) is 14.3. The minimum Gasteiger partial charge on any atom is -0.337 e. The van der Waals surface area contributed by atoms with E-state index in [4.69, 9.17) is 0 Å². The van der Waals surface area contributed by atoms with Gasteiger partial charge in [0.05, 0.1) is 12.2 Å². The van der Waals surface area contributed by atoms with Crippen molar-refractivity contribution in [1.82, 2.24) is 24.2 Å². The number of amides is 1. The highest BCUT2D eigenvalue weighted by Crippen LogP contribution is 2.22. The zero-order valence-electron chi connectivity index (χ0n) is 18.4. The number of pyridine rings is 1. The van der Waals surface area contributed by atoms with Gasteiger partial charge in [0.15, 0.2) is 0 Å². The molecule has 0 N–H and O–H groups in total. The zero-order valence-corrected chi connectivity index (χ0v) is 18.4. The number of benzene rings is 1. The van der Waals surface area contributed by atoms with Crippen molar-refractivity contribution in [2.75, 3.05) is 7.05 Å². The van der Waals surface area contributed by atoms with E-state index in [1.807, 2.05) is 19.1 Å². The third-order valence-corrected chi connectivity index (χ3v) is 6.05. The maximum absolute atomic E-state index is 13.3. The number of carbonyl (C=O) groups is 1. The monoisotopic (exact) mass is 433 g/mol. The van der Waals surface area contributed by atoms with Crippen LogP contribution in [0.15, 0.2) is 58.4 Å². The average Bonchev–Trinajstić information content (AvgIpc) is 2.83. The Hall–Kier alpha value is -3.55. The minimum atomic E-state index is -0.685. The third-order valence-electron chi connectivity index (χ3n) is 6.05. The van der Waals surface area contributed by atoms with E-state index >= 15 is 0 Å². The van der Waals surface area contributed by atoms with Crippen molar-refractivity contribution in [1.29, 1.82) is 0 Å². The summed E-state index contributed by atoms with van der Waals surface area (Å²) in [5.74, 6) is -0.456. The van der Waals surface area contributed by atoms with Gasteiger partial charge < -0.3 is 4.90 Å². The molecule has 0 spiro atoms. The molecule has 0 atom stereocenters. The van der Waals surface area contributed by atoms with Crippen LogP contribution in [0.3, 0.4) is 0 Å². The van der Waals surface area contributed by atoms with Gasteiger partial charge in [-0.3, -0.25) is 19.1 Å². The molecule has 2 aromatic heterocycles. The molecule has 3 aromatic rings. The molecule has 0 unspecified atom stereocenters. The van der Waals surface area contributed by atoms with Crippen LogP contribution in [0.1, 0.15) is 53.7 Å². The lowest BCUT2D eigenvalue weighted by Crippen LogP contribution is -2.48. The molecular formula is C24H27N5O3. The summed E-state index contributed by atoms with van der Waals surface area (Å²) in [4.78, 5) is 45.5. The molecule has 8 nitrogen and oxygen atoms in total. The van der Waals surface area contributed by atoms with Crippen LogP contribution in [0, 0.1) is 6.92 Å². The molecule has 1 fully saturated rings. The molecule has 1 saturated carbocycles. The zero-order chi connectivity index (χ0) is 22.7. The lowest BCUT2D eigenvalue weighted by molar-refractivity contribution is 0.0684. The Morgan fingerprint density at radius 3 is 2.47 bits per heavy atom. The summed E-state index contributed by atoms with van der Waals surface area (Å²) in [5, 5.41) is 4.25. The SMILES string of the molecule is Cc1ccc(-n2nc(C(=O)N(C)C3CCCCC3)c(=O)n(Cc3cccnc3)c2=O)cc1. The molecule has 1 aromatic carbocycles. The van der Waals surface area contributed by atoms with E-state index in [1.165, 1.54) is 0 Å². The second kappa shape index (κ2) is 9.30. The molecule has 1 amide bonds. The second-order valence-corrected chi connectivity index (χ2v) is 8.34. The number of aryl methyl sites for hydroxylation is 1. The largest absolute Gasteiger partial charge is 0.352 e. The summed E-state index contributed by atoms with van der Waals surface area (Å²) < 4.78 is 2.20. The van der Waals surface area contributed by atoms with Crippen LogP contribution >= 0.6 is 0 Å². The topological polar surface area (TPSA) is 90.1 Å². The van der Waals surface area contributed by atoms with Crippen molar-refractivity contribution in [2.45, 2.75) is 51.6 Å². The average molecular weight is 434 g/mol. The van der Waals surface area contributed by atoms with Crippen LogP contribution in [-0.2, 0) is 6.54 Å². The van der Waals surface area contributed by atoms with Crippen LogP contribution in [0.5, 0.6) is 0 Å². The molecule has 1 aliphatic rings. The van der Waals surface area contributed by atoms with Gasteiger partial charge >= 0.3 is 5.69 Å². The van der Waals surface area contributed by atoms with Gasteiger partial charge in [0.2, 0.25) is 5.69 Å². The molecule has 4 rings (SSSR count). The summed E-state index contributed by atoms with van der Waals surface area (Å²) in [6, 6.07) is 10.8. The summed E-state index contributed by atoms with van der Waals surface area (Å²) >= 11 is 0.